The van der Waals surface area contributed by atoms with Crippen molar-refractivity contribution >= 4 is 11.8 Å². The number of fused-ring (bicyclic) bond motifs is 4. The molecule has 1 aromatic heterocycles. The molecule has 4 heterocycles. The van der Waals surface area contributed by atoms with Crippen LogP contribution in [0.3, 0.4) is 0 Å². The minimum absolute atomic E-state index is 0.0250. The Balaban J connectivity index is 1.08. The highest BCUT2D eigenvalue weighted by atomic mass is 19.1. The van der Waals surface area contributed by atoms with Gasteiger partial charge in [-0.2, -0.15) is 0 Å². The summed E-state index contributed by atoms with van der Waals surface area (Å²) in [4.78, 5) is 40.2. The topological polar surface area (TPSA) is 90.5 Å². The van der Waals surface area contributed by atoms with Gasteiger partial charge in [-0.15, -0.1) is 0 Å². The summed E-state index contributed by atoms with van der Waals surface area (Å²) in [6, 6.07) is 15.7. The van der Waals surface area contributed by atoms with Crippen LogP contribution in [0.2, 0.25) is 0 Å². The summed E-state index contributed by atoms with van der Waals surface area (Å²) < 4.78 is 13.3. The number of piperidine rings is 1. The third kappa shape index (κ3) is 6.63. The quantitative estimate of drug-likeness (QED) is 0.371. The zero-order valence-corrected chi connectivity index (χ0v) is 23.2. The smallest absolute Gasteiger partial charge is 0.251 e. The fraction of sp³-hybridized carbons (Fsp3) is 0.438. The zero-order valence-electron chi connectivity index (χ0n) is 23.2. The van der Waals surface area contributed by atoms with Gasteiger partial charge in [0, 0.05) is 67.7 Å². The molecule has 214 valence electrons. The van der Waals surface area contributed by atoms with E-state index in [1.54, 1.807) is 30.6 Å². The van der Waals surface area contributed by atoms with E-state index in [-0.39, 0.29) is 23.7 Å². The van der Waals surface area contributed by atoms with Crippen molar-refractivity contribution in [1.29, 1.82) is 0 Å². The molecule has 9 heteroatoms. The Morgan fingerprint density at radius 1 is 0.951 bits per heavy atom. The molecule has 1 aliphatic carbocycles. The standard InChI is InChI=1S/C32H37FN6O2/c33-25-10-8-22(9-11-25)27-21-29(27)34-14-1-3-28(32(41)39-20-19-38-17-12-26(39)13-18-38)37-31(40)24-6-4-23(5-7-24)30-35-15-2-16-36-30/h2,4-11,15-16,26-29,34H,1,3,12-14,17-21H2,(H,37,40)/t27-,28-,29+/m0/s1. The molecule has 8 nitrogen and oxygen atoms in total. The zero-order chi connectivity index (χ0) is 28.2. The molecule has 2 amide bonds. The molecule has 0 radical (unpaired) electrons. The number of halogens is 1. The number of nitrogens with zero attached hydrogens (tertiary/aromatic N) is 4. The molecule has 0 spiro atoms. The molecule has 2 N–H and O–H groups in total. The lowest BCUT2D eigenvalue weighted by Gasteiger charge is -2.34. The number of aromatic nitrogens is 2. The van der Waals surface area contributed by atoms with Crippen LogP contribution >= 0.6 is 0 Å². The van der Waals surface area contributed by atoms with E-state index in [4.69, 9.17) is 0 Å². The van der Waals surface area contributed by atoms with E-state index in [1.807, 2.05) is 29.2 Å². The normalized spacial score (nSPS) is 24.0. The monoisotopic (exact) mass is 556 g/mol. The Morgan fingerprint density at radius 3 is 2.41 bits per heavy atom. The average molecular weight is 557 g/mol. The third-order valence-electron chi connectivity index (χ3n) is 8.68. The Bertz CT molecular complexity index is 1330. The highest BCUT2D eigenvalue weighted by molar-refractivity contribution is 5.97. The number of hydrogen-bond acceptors (Lipinski definition) is 6. The van der Waals surface area contributed by atoms with E-state index in [0.29, 0.717) is 36.3 Å². The van der Waals surface area contributed by atoms with Gasteiger partial charge < -0.3 is 20.4 Å². The van der Waals surface area contributed by atoms with Crippen molar-refractivity contribution in [3.8, 4) is 11.4 Å². The number of hydrogen-bond donors (Lipinski definition) is 2. The Hall–Kier alpha value is -3.69. The first-order chi connectivity index (χ1) is 20.0. The number of carbonyl (C=O) groups excluding carboxylic acids is 2. The van der Waals surface area contributed by atoms with Crippen molar-refractivity contribution in [2.75, 3.05) is 32.7 Å². The fourth-order valence-electron chi connectivity index (χ4n) is 6.19. The van der Waals surface area contributed by atoms with Crippen molar-refractivity contribution < 1.29 is 14.0 Å². The van der Waals surface area contributed by atoms with Crippen LogP contribution in [-0.4, -0.2) is 82.4 Å². The molecule has 2 aromatic carbocycles. The molecule has 3 atom stereocenters. The van der Waals surface area contributed by atoms with Crippen molar-refractivity contribution in [2.24, 2.45) is 0 Å². The predicted octanol–water partition coefficient (Wildman–Crippen LogP) is 3.61. The summed E-state index contributed by atoms with van der Waals surface area (Å²) in [5.74, 6) is 0.561. The maximum atomic E-state index is 13.9. The molecule has 4 fully saturated rings. The van der Waals surface area contributed by atoms with Gasteiger partial charge in [0.1, 0.15) is 11.9 Å². The first-order valence-electron chi connectivity index (χ1n) is 14.7. The van der Waals surface area contributed by atoms with Crippen LogP contribution in [0.4, 0.5) is 4.39 Å². The van der Waals surface area contributed by atoms with Gasteiger partial charge in [0.25, 0.3) is 5.91 Å². The van der Waals surface area contributed by atoms with E-state index in [1.165, 1.54) is 12.1 Å². The molecule has 2 bridgehead atoms. The van der Waals surface area contributed by atoms with E-state index in [2.05, 4.69) is 25.5 Å². The molecule has 4 aliphatic rings. The van der Waals surface area contributed by atoms with Crippen LogP contribution in [-0.2, 0) is 4.79 Å². The number of amides is 2. The van der Waals surface area contributed by atoms with E-state index >= 15 is 0 Å². The lowest BCUT2D eigenvalue weighted by molar-refractivity contribution is -0.135. The number of nitrogens with one attached hydrogen (secondary N) is 2. The Morgan fingerprint density at radius 2 is 1.68 bits per heavy atom. The van der Waals surface area contributed by atoms with Gasteiger partial charge >= 0.3 is 0 Å². The van der Waals surface area contributed by atoms with Crippen LogP contribution in [0, 0.1) is 5.82 Å². The number of rotatable bonds is 10. The molecule has 3 aliphatic heterocycles. The molecule has 1 saturated carbocycles. The molecule has 0 unspecified atom stereocenters. The maximum absolute atomic E-state index is 13.9. The molecular weight excluding hydrogens is 519 g/mol. The first kappa shape index (κ1) is 27.5. The van der Waals surface area contributed by atoms with Crippen LogP contribution < -0.4 is 10.6 Å². The summed E-state index contributed by atoms with van der Waals surface area (Å²) in [6.07, 6.45) is 7.71. The van der Waals surface area contributed by atoms with Gasteiger partial charge in [-0.05, 0) is 74.5 Å². The van der Waals surface area contributed by atoms with Crippen molar-refractivity contribution in [3.63, 3.8) is 0 Å². The highest BCUT2D eigenvalue weighted by Crippen LogP contribution is 2.40. The molecule has 41 heavy (non-hydrogen) atoms. The van der Waals surface area contributed by atoms with Crippen molar-refractivity contribution in [3.05, 3.63) is 83.9 Å². The molecular formula is C32H37FN6O2. The lowest BCUT2D eigenvalue weighted by Crippen LogP contribution is -2.52. The Kier molecular flexibility index (Phi) is 8.34. The number of carbonyl (C=O) groups is 2. The summed E-state index contributed by atoms with van der Waals surface area (Å²) in [5, 5.41) is 6.66. The number of benzene rings is 2. The average Bonchev–Trinajstić information content (AvgIpc) is 3.84. The van der Waals surface area contributed by atoms with Crippen LogP contribution in [0.25, 0.3) is 11.4 Å². The summed E-state index contributed by atoms with van der Waals surface area (Å²) in [5.41, 5.74) is 2.49. The van der Waals surface area contributed by atoms with Crippen molar-refractivity contribution in [1.82, 2.24) is 30.4 Å². The van der Waals surface area contributed by atoms with Gasteiger partial charge in [0.05, 0.1) is 0 Å². The largest absolute Gasteiger partial charge is 0.340 e. The predicted molar refractivity (Wildman–Crippen MR) is 155 cm³/mol. The van der Waals surface area contributed by atoms with Gasteiger partial charge in [-0.1, -0.05) is 24.3 Å². The van der Waals surface area contributed by atoms with Gasteiger partial charge in [-0.25, -0.2) is 14.4 Å². The second-order valence-corrected chi connectivity index (χ2v) is 11.4. The van der Waals surface area contributed by atoms with Gasteiger partial charge in [0.15, 0.2) is 5.82 Å². The van der Waals surface area contributed by atoms with Crippen molar-refractivity contribution in [2.45, 2.75) is 56.1 Å². The van der Waals surface area contributed by atoms with Crippen LogP contribution in [0.1, 0.15) is 53.9 Å². The molecule has 7 rings (SSSR count). The SMILES string of the molecule is O=C(N[C@@H](CCCN[C@@H]1C[C@H]1c1ccc(F)cc1)C(=O)N1CCN2CCC1CC2)c1ccc(-c2ncccn2)cc1. The van der Waals surface area contributed by atoms with E-state index < -0.39 is 6.04 Å². The minimum Gasteiger partial charge on any atom is -0.340 e. The first-order valence-corrected chi connectivity index (χ1v) is 14.7. The van der Waals surface area contributed by atoms with Crippen LogP contribution in [0.15, 0.2) is 67.0 Å². The fourth-order valence-corrected chi connectivity index (χ4v) is 6.19. The summed E-state index contributed by atoms with van der Waals surface area (Å²) >= 11 is 0. The highest BCUT2D eigenvalue weighted by Gasteiger charge is 2.38. The Labute approximate surface area is 240 Å². The van der Waals surface area contributed by atoms with E-state index in [0.717, 1.165) is 63.0 Å². The molecule has 3 aromatic rings. The van der Waals surface area contributed by atoms with Crippen LogP contribution in [0.5, 0.6) is 0 Å². The molecule has 3 saturated heterocycles. The van der Waals surface area contributed by atoms with Gasteiger partial charge in [-0.3, -0.25) is 9.59 Å². The second-order valence-electron chi connectivity index (χ2n) is 11.4. The third-order valence-corrected chi connectivity index (χ3v) is 8.68. The summed E-state index contributed by atoms with van der Waals surface area (Å²) in [6.45, 7) is 4.42. The second kappa shape index (κ2) is 12.4. The van der Waals surface area contributed by atoms with E-state index in [9.17, 15) is 14.0 Å². The maximum Gasteiger partial charge on any atom is 0.251 e. The summed E-state index contributed by atoms with van der Waals surface area (Å²) in [7, 11) is 0. The van der Waals surface area contributed by atoms with Gasteiger partial charge in [0.2, 0.25) is 5.91 Å². The minimum atomic E-state index is -0.583. The lowest BCUT2D eigenvalue weighted by atomic mass is 10.0.